The van der Waals surface area contributed by atoms with E-state index in [0.717, 1.165) is 44.2 Å². The Hall–Kier alpha value is -5.86. The number of hydrogen-bond acceptors (Lipinski definition) is 2. The van der Waals surface area contributed by atoms with Crippen LogP contribution in [-0.4, -0.2) is 0 Å². The standard InChI is InChI=1S/C42H24O2/c1-2-10-30(11-3-1)43-35-24-36-42(40-33(35)22-20-28-17-15-26-9-5-7-13-32(26)38(28)40)41-34(44-36)23-21-29-19-18-27-16-14-25-8-4-6-12-31(25)37(27)39(29)41/h1-24H. The van der Waals surface area contributed by atoms with E-state index in [1.807, 2.05) is 30.3 Å². The maximum Gasteiger partial charge on any atom is 0.139 e. The molecular weight excluding hydrogens is 536 g/mol. The van der Waals surface area contributed by atoms with Gasteiger partial charge in [0.05, 0.1) is 0 Å². The molecule has 204 valence electrons. The second-order valence-electron chi connectivity index (χ2n) is 11.6. The first-order valence-electron chi connectivity index (χ1n) is 15.0. The van der Waals surface area contributed by atoms with Crippen LogP contribution < -0.4 is 4.74 Å². The van der Waals surface area contributed by atoms with Gasteiger partial charge in [0.2, 0.25) is 0 Å². The molecule has 1 aromatic heterocycles. The largest absolute Gasteiger partial charge is 0.457 e. The van der Waals surface area contributed by atoms with Crippen molar-refractivity contribution in [3.8, 4) is 11.5 Å². The van der Waals surface area contributed by atoms with Gasteiger partial charge in [-0.05, 0) is 72.7 Å². The highest BCUT2D eigenvalue weighted by atomic mass is 16.5. The highest BCUT2D eigenvalue weighted by Crippen LogP contribution is 2.48. The molecule has 0 spiro atoms. The lowest BCUT2D eigenvalue weighted by Gasteiger charge is -2.14. The van der Waals surface area contributed by atoms with Crippen LogP contribution >= 0.6 is 0 Å². The van der Waals surface area contributed by atoms with Gasteiger partial charge in [-0.1, -0.05) is 115 Å². The molecule has 0 aliphatic heterocycles. The van der Waals surface area contributed by atoms with Crippen LogP contribution in [0.25, 0.3) is 86.6 Å². The van der Waals surface area contributed by atoms with Crippen molar-refractivity contribution >= 4 is 86.6 Å². The summed E-state index contributed by atoms with van der Waals surface area (Å²) in [4.78, 5) is 0. The monoisotopic (exact) mass is 560 g/mol. The minimum atomic E-state index is 0.784. The summed E-state index contributed by atoms with van der Waals surface area (Å²) in [6.07, 6.45) is 0. The molecule has 0 fully saturated rings. The SMILES string of the molecule is c1ccc(Oc2cc3oc4ccc5ccc6ccc7ccccc7c6c5c4c3c3c2ccc2ccc4ccccc4c23)cc1. The molecule has 0 unspecified atom stereocenters. The molecule has 0 aliphatic carbocycles. The Kier molecular flexibility index (Phi) is 4.75. The molecule has 2 heteroatoms. The third kappa shape index (κ3) is 3.25. The van der Waals surface area contributed by atoms with E-state index < -0.39 is 0 Å². The number of benzene rings is 9. The van der Waals surface area contributed by atoms with Crippen molar-refractivity contribution in [1.82, 2.24) is 0 Å². The van der Waals surface area contributed by atoms with Crippen molar-refractivity contribution in [2.24, 2.45) is 0 Å². The van der Waals surface area contributed by atoms with Gasteiger partial charge < -0.3 is 9.15 Å². The van der Waals surface area contributed by atoms with Gasteiger partial charge in [-0.2, -0.15) is 0 Å². The van der Waals surface area contributed by atoms with E-state index in [1.54, 1.807) is 0 Å². The maximum atomic E-state index is 6.79. The summed E-state index contributed by atoms with van der Waals surface area (Å²) in [5, 5.41) is 16.7. The summed E-state index contributed by atoms with van der Waals surface area (Å²) in [7, 11) is 0. The first-order chi connectivity index (χ1) is 21.8. The Bertz CT molecular complexity index is 2780. The molecule has 10 aromatic rings. The number of furan rings is 1. The number of ether oxygens (including phenoxy) is 1. The molecule has 0 bridgehead atoms. The summed E-state index contributed by atoms with van der Waals surface area (Å²) < 4.78 is 13.4. The zero-order chi connectivity index (χ0) is 28.8. The van der Waals surface area contributed by atoms with Crippen LogP contribution in [0.4, 0.5) is 0 Å². The summed E-state index contributed by atoms with van der Waals surface area (Å²) in [6.45, 7) is 0. The predicted octanol–water partition coefficient (Wildman–Crippen LogP) is 12.3. The van der Waals surface area contributed by atoms with Gasteiger partial charge in [0.15, 0.2) is 0 Å². The first-order valence-corrected chi connectivity index (χ1v) is 15.0. The van der Waals surface area contributed by atoms with Crippen LogP contribution in [0.5, 0.6) is 11.5 Å². The second kappa shape index (κ2) is 8.82. The van der Waals surface area contributed by atoms with Crippen LogP contribution in [-0.2, 0) is 0 Å². The van der Waals surface area contributed by atoms with Gasteiger partial charge in [0, 0.05) is 33.0 Å². The smallest absolute Gasteiger partial charge is 0.139 e. The molecule has 0 radical (unpaired) electrons. The van der Waals surface area contributed by atoms with Crippen molar-refractivity contribution < 1.29 is 9.15 Å². The van der Waals surface area contributed by atoms with Crippen LogP contribution in [0, 0.1) is 0 Å². The van der Waals surface area contributed by atoms with Crippen LogP contribution in [0.1, 0.15) is 0 Å². The molecule has 0 saturated heterocycles. The summed E-state index contributed by atoms with van der Waals surface area (Å²) in [5.41, 5.74) is 1.70. The minimum Gasteiger partial charge on any atom is -0.457 e. The summed E-state index contributed by atoms with van der Waals surface area (Å²) >= 11 is 0. The predicted molar refractivity (Wildman–Crippen MR) is 185 cm³/mol. The molecule has 0 amide bonds. The van der Waals surface area contributed by atoms with Gasteiger partial charge in [-0.25, -0.2) is 0 Å². The summed E-state index contributed by atoms with van der Waals surface area (Å²) in [5.74, 6) is 1.58. The third-order valence-corrected chi connectivity index (χ3v) is 9.23. The molecule has 10 rings (SSSR count). The highest BCUT2D eigenvalue weighted by Gasteiger charge is 2.21. The zero-order valence-corrected chi connectivity index (χ0v) is 23.7. The number of hydrogen-bond donors (Lipinski definition) is 0. The molecule has 0 atom stereocenters. The fourth-order valence-electron chi connectivity index (χ4n) is 7.33. The lowest BCUT2D eigenvalue weighted by molar-refractivity contribution is 0.488. The van der Waals surface area contributed by atoms with Crippen LogP contribution in [0.3, 0.4) is 0 Å². The maximum absolute atomic E-state index is 6.79. The number of fused-ring (bicyclic) bond motifs is 15. The molecule has 1 heterocycles. The Balaban J connectivity index is 1.50. The van der Waals surface area contributed by atoms with E-state index >= 15 is 0 Å². The van der Waals surface area contributed by atoms with E-state index in [-0.39, 0.29) is 0 Å². The molecule has 0 saturated carbocycles. The Morgan fingerprint density at radius 1 is 0.341 bits per heavy atom. The Morgan fingerprint density at radius 3 is 1.57 bits per heavy atom. The topological polar surface area (TPSA) is 22.4 Å². The zero-order valence-electron chi connectivity index (χ0n) is 23.7. The van der Waals surface area contributed by atoms with Gasteiger partial charge in [-0.15, -0.1) is 0 Å². The number of para-hydroxylation sites is 1. The lowest BCUT2D eigenvalue weighted by atomic mass is 9.90. The average Bonchev–Trinajstić information content (AvgIpc) is 3.46. The van der Waals surface area contributed by atoms with Gasteiger partial charge >= 0.3 is 0 Å². The minimum absolute atomic E-state index is 0.784. The molecule has 0 aliphatic rings. The van der Waals surface area contributed by atoms with Crippen molar-refractivity contribution in [2.75, 3.05) is 0 Å². The van der Waals surface area contributed by atoms with Gasteiger partial charge in [0.1, 0.15) is 22.7 Å². The van der Waals surface area contributed by atoms with Crippen LogP contribution in [0.2, 0.25) is 0 Å². The van der Waals surface area contributed by atoms with E-state index in [1.165, 1.54) is 53.9 Å². The van der Waals surface area contributed by atoms with E-state index in [2.05, 4.69) is 115 Å². The van der Waals surface area contributed by atoms with Crippen molar-refractivity contribution in [3.05, 3.63) is 146 Å². The first kappa shape index (κ1) is 23.7. The second-order valence-corrected chi connectivity index (χ2v) is 11.6. The normalized spacial score (nSPS) is 12.1. The molecule has 2 nitrogen and oxygen atoms in total. The molecule has 44 heavy (non-hydrogen) atoms. The average molecular weight is 561 g/mol. The van der Waals surface area contributed by atoms with Gasteiger partial charge in [0.25, 0.3) is 0 Å². The Labute approximate surface area is 252 Å². The van der Waals surface area contributed by atoms with E-state index in [4.69, 9.17) is 9.15 Å². The lowest BCUT2D eigenvalue weighted by Crippen LogP contribution is -1.89. The van der Waals surface area contributed by atoms with Crippen molar-refractivity contribution in [2.45, 2.75) is 0 Å². The molecular formula is C42H24O2. The summed E-state index contributed by atoms with van der Waals surface area (Å²) in [6, 6.07) is 51.6. The Morgan fingerprint density at radius 2 is 0.864 bits per heavy atom. The van der Waals surface area contributed by atoms with Crippen molar-refractivity contribution in [1.29, 1.82) is 0 Å². The van der Waals surface area contributed by atoms with Crippen molar-refractivity contribution in [3.63, 3.8) is 0 Å². The number of rotatable bonds is 2. The fourth-order valence-corrected chi connectivity index (χ4v) is 7.33. The van der Waals surface area contributed by atoms with Crippen LogP contribution in [0.15, 0.2) is 150 Å². The van der Waals surface area contributed by atoms with Gasteiger partial charge in [-0.3, -0.25) is 0 Å². The quantitative estimate of drug-likeness (QED) is 0.196. The highest BCUT2D eigenvalue weighted by molar-refractivity contribution is 6.39. The third-order valence-electron chi connectivity index (χ3n) is 9.23. The van der Waals surface area contributed by atoms with E-state index in [0.29, 0.717) is 0 Å². The fraction of sp³-hybridized carbons (Fsp3) is 0. The van der Waals surface area contributed by atoms with E-state index in [9.17, 15) is 0 Å². The molecule has 9 aromatic carbocycles. The molecule has 0 N–H and O–H groups in total.